The highest BCUT2D eigenvalue weighted by Gasteiger charge is 2.39. The van der Waals surface area contributed by atoms with Gasteiger partial charge < -0.3 is 8.23 Å². The SMILES string of the molecule is CCCC[Si](C)(C)O[Si](C)(C)O[Si](C)(C)CCCn1c(=O)c2cc3c(=O)n(C)c(=O)c3cc2c1=O. The van der Waals surface area contributed by atoms with Crippen molar-refractivity contribution in [3.8, 4) is 0 Å². The van der Waals surface area contributed by atoms with Gasteiger partial charge in [0.2, 0.25) is 0 Å². The van der Waals surface area contributed by atoms with E-state index in [-0.39, 0.29) is 28.1 Å². The molecule has 192 valence electrons. The molecule has 0 amide bonds. The molecule has 0 saturated carbocycles. The van der Waals surface area contributed by atoms with Gasteiger partial charge in [-0.05, 0) is 69.9 Å². The first-order valence-corrected chi connectivity index (χ1v) is 21.4. The van der Waals surface area contributed by atoms with Crippen molar-refractivity contribution in [1.29, 1.82) is 0 Å². The van der Waals surface area contributed by atoms with Crippen LogP contribution in [0.4, 0.5) is 0 Å². The second-order valence-electron chi connectivity index (χ2n) is 11.2. The molecule has 3 rings (SSSR count). The quantitative estimate of drug-likeness (QED) is 0.347. The van der Waals surface area contributed by atoms with Crippen LogP contribution >= 0.6 is 0 Å². The maximum atomic E-state index is 13.0. The summed E-state index contributed by atoms with van der Waals surface area (Å²) in [4.78, 5) is 50.5. The van der Waals surface area contributed by atoms with E-state index in [1.807, 2.05) is 0 Å². The number of nitrogens with zero attached hydrogens (tertiary/aromatic N) is 2. The van der Waals surface area contributed by atoms with Crippen LogP contribution < -0.4 is 22.2 Å². The van der Waals surface area contributed by atoms with Crippen LogP contribution in [0.15, 0.2) is 31.3 Å². The monoisotopic (exact) mass is 534 g/mol. The number of aromatic nitrogens is 2. The highest BCUT2D eigenvalue weighted by atomic mass is 28.5. The number of hydrogen-bond acceptors (Lipinski definition) is 6. The Morgan fingerprint density at radius 3 is 1.51 bits per heavy atom. The molecule has 0 spiro atoms. The van der Waals surface area contributed by atoms with Gasteiger partial charge in [-0.15, -0.1) is 0 Å². The molecule has 0 fully saturated rings. The molecule has 0 radical (unpaired) electrons. The lowest BCUT2D eigenvalue weighted by Gasteiger charge is -2.38. The van der Waals surface area contributed by atoms with Crippen molar-refractivity contribution in [3.05, 3.63) is 53.5 Å². The number of fused-ring (bicyclic) bond motifs is 2. The van der Waals surface area contributed by atoms with Crippen molar-refractivity contribution >= 4 is 46.7 Å². The largest absolute Gasteiger partial charge is 0.437 e. The second kappa shape index (κ2) is 9.85. The van der Waals surface area contributed by atoms with Crippen molar-refractivity contribution in [2.45, 2.75) is 84.1 Å². The maximum Gasteiger partial charge on any atom is 0.311 e. The van der Waals surface area contributed by atoms with Crippen molar-refractivity contribution in [2.75, 3.05) is 0 Å². The molecule has 0 aliphatic heterocycles. The molecule has 11 heteroatoms. The topological polar surface area (TPSA) is 96.6 Å². The first-order chi connectivity index (χ1) is 16.1. The van der Waals surface area contributed by atoms with E-state index in [9.17, 15) is 19.2 Å². The van der Waals surface area contributed by atoms with E-state index in [1.165, 1.54) is 30.2 Å². The van der Waals surface area contributed by atoms with Gasteiger partial charge in [-0.1, -0.05) is 19.8 Å². The molecular weight excluding hydrogens is 497 g/mol. The van der Waals surface area contributed by atoms with Gasteiger partial charge in [-0.3, -0.25) is 28.3 Å². The van der Waals surface area contributed by atoms with Gasteiger partial charge >= 0.3 is 8.56 Å². The van der Waals surface area contributed by atoms with Gasteiger partial charge in [-0.25, -0.2) is 0 Å². The van der Waals surface area contributed by atoms with E-state index in [0.29, 0.717) is 6.42 Å². The Hall–Kier alpha value is -1.93. The highest BCUT2D eigenvalue weighted by Crippen LogP contribution is 2.26. The van der Waals surface area contributed by atoms with E-state index in [1.54, 1.807) is 0 Å². The third kappa shape index (κ3) is 5.91. The number of hydrogen-bond donors (Lipinski definition) is 0. The van der Waals surface area contributed by atoms with E-state index in [0.717, 1.165) is 23.1 Å². The van der Waals surface area contributed by atoms with Crippen LogP contribution in [0.5, 0.6) is 0 Å². The fourth-order valence-electron chi connectivity index (χ4n) is 5.07. The van der Waals surface area contributed by atoms with Gasteiger partial charge in [0.05, 0.1) is 21.5 Å². The minimum atomic E-state index is -2.31. The zero-order valence-corrected chi connectivity index (χ0v) is 25.2. The minimum Gasteiger partial charge on any atom is -0.437 e. The Balaban J connectivity index is 1.75. The maximum absolute atomic E-state index is 13.0. The lowest BCUT2D eigenvalue weighted by Crippen LogP contribution is -2.52. The van der Waals surface area contributed by atoms with Crippen molar-refractivity contribution in [2.24, 2.45) is 7.05 Å². The summed E-state index contributed by atoms with van der Waals surface area (Å²) in [7, 11) is -4.78. The number of unbranched alkanes of at least 4 members (excludes halogenated alkanes) is 1. The van der Waals surface area contributed by atoms with Gasteiger partial charge in [0.25, 0.3) is 22.2 Å². The molecule has 0 unspecified atom stereocenters. The molecule has 0 bridgehead atoms. The van der Waals surface area contributed by atoms with E-state index in [4.69, 9.17) is 8.23 Å². The van der Waals surface area contributed by atoms with Crippen LogP contribution in [0, 0.1) is 0 Å². The molecule has 0 aliphatic rings. The highest BCUT2D eigenvalue weighted by molar-refractivity contribution is 6.87. The molecule has 0 atom stereocenters. The molecule has 2 heterocycles. The summed E-state index contributed by atoms with van der Waals surface area (Å²) in [5, 5.41) is 0.746. The van der Waals surface area contributed by atoms with Crippen LogP contribution in [0.1, 0.15) is 26.2 Å². The van der Waals surface area contributed by atoms with Crippen molar-refractivity contribution in [1.82, 2.24) is 9.13 Å². The lowest BCUT2D eigenvalue weighted by atomic mass is 10.1. The molecule has 35 heavy (non-hydrogen) atoms. The standard InChI is InChI=1S/C24H38N2O6Si3/c1-9-10-13-33(3,4)31-35(7,8)32-34(5,6)14-11-12-26-23(29)19-15-17-18(16-20(19)24(26)30)22(28)25(2)21(17)27/h15-16H,9-14H2,1-8H3. The van der Waals surface area contributed by atoms with Gasteiger partial charge in [0.15, 0.2) is 16.6 Å². The first-order valence-electron chi connectivity index (χ1n) is 12.4. The van der Waals surface area contributed by atoms with Crippen LogP contribution in [0.25, 0.3) is 21.5 Å². The molecular formula is C24H38N2O6Si3. The average Bonchev–Trinajstić information content (AvgIpc) is 3.09. The van der Waals surface area contributed by atoms with Crippen molar-refractivity contribution < 1.29 is 8.23 Å². The second-order valence-corrected chi connectivity index (χ2v) is 23.7. The Bertz CT molecular complexity index is 1370. The summed E-state index contributed by atoms with van der Waals surface area (Å²) < 4.78 is 15.5. The minimum absolute atomic E-state index is 0.179. The van der Waals surface area contributed by atoms with E-state index >= 15 is 0 Å². The zero-order valence-electron chi connectivity index (χ0n) is 22.2. The molecule has 0 saturated heterocycles. The summed E-state index contributed by atoms with van der Waals surface area (Å²) in [5.41, 5.74) is -1.73. The fraction of sp³-hybridized carbons (Fsp3) is 0.583. The van der Waals surface area contributed by atoms with Gasteiger partial charge in [0.1, 0.15) is 0 Å². The van der Waals surface area contributed by atoms with Crippen LogP contribution in [-0.4, -0.2) is 34.3 Å². The average molecular weight is 535 g/mol. The predicted molar refractivity (Wildman–Crippen MR) is 150 cm³/mol. The Kier molecular flexibility index (Phi) is 7.78. The summed E-state index contributed by atoms with van der Waals surface area (Å²) in [6, 6.07) is 4.70. The number of benzene rings is 1. The van der Waals surface area contributed by atoms with Crippen LogP contribution in [0.2, 0.25) is 51.4 Å². The Morgan fingerprint density at radius 2 is 1.09 bits per heavy atom. The summed E-state index contributed by atoms with van der Waals surface area (Å²) in [5.74, 6) is 0. The Labute approximate surface area is 208 Å². The van der Waals surface area contributed by atoms with Crippen molar-refractivity contribution in [3.63, 3.8) is 0 Å². The van der Waals surface area contributed by atoms with E-state index in [2.05, 4.69) is 46.2 Å². The molecule has 3 aromatic rings. The zero-order chi connectivity index (χ0) is 26.3. The summed E-state index contributed by atoms with van der Waals surface area (Å²) >= 11 is 0. The van der Waals surface area contributed by atoms with Gasteiger partial charge in [0, 0.05) is 13.6 Å². The third-order valence-corrected chi connectivity index (χ3v) is 18.0. The Morgan fingerprint density at radius 1 is 0.686 bits per heavy atom. The normalized spacial score (nSPS) is 13.4. The predicted octanol–water partition coefficient (Wildman–Crippen LogP) is 3.78. The summed E-state index contributed by atoms with van der Waals surface area (Å²) in [6.07, 6.45) is 2.96. The summed E-state index contributed by atoms with van der Waals surface area (Å²) in [6.45, 7) is 15.5. The van der Waals surface area contributed by atoms with Crippen LogP contribution in [0.3, 0.4) is 0 Å². The fourth-order valence-corrected chi connectivity index (χ4v) is 19.3. The van der Waals surface area contributed by atoms with Crippen LogP contribution in [-0.2, 0) is 21.8 Å². The molecule has 1 aromatic carbocycles. The molecule has 2 aromatic heterocycles. The molecule has 0 N–H and O–H groups in total. The van der Waals surface area contributed by atoms with Gasteiger partial charge in [-0.2, -0.15) is 0 Å². The smallest absolute Gasteiger partial charge is 0.311 e. The molecule has 0 aliphatic carbocycles. The number of rotatable bonds is 11. The molecule has 8 nitrogen and oxygen atoms in total. The third-order valence-electron chi connectivity index (χ3n) is 6.52. The first kappa shape index (κ1) is 27.7. The lowest BCUT2D eigenvalue weighted by molar-refractivity contribution is 0.386. The van der Waals surface area contributed by atoms with E-state index < -0.39 is 47.4 Å².